The first-order valence-electron chi connectivity index (χ1n) is 2.78. The number of hydrogen-bond donors (Lipinski definition) is 0. The Morgan fingerprint density at radius 2 is 1.89 bits per heavy atom. The summed E-state index contributed by atoms with van der Waals surface area (Å²) in [5.41, 5.74) is 0. The monoisotopic (exact) mass is 140 g/mol. The summed E-state index contributed by atoms with van der Waals surface area (Å²) in [6, 6.07) is 0. The van der Waals surface area contributed by atoms with Gasteiger partial charge in [0.1, 0.15) is 6.10 Å². The average Bonchev–Trinajstić information content (AvgIpc) is 1.82. The summed E-state index contributed by atoms with van der Waals surface area (Å²) in [6.45, 7) is 10.8. The molecule has 0 fully saturated rings. The van der Waals surface area contributed by atoms with Crippen LogP contribution >= 0.6 is 0 Å². The minimum atomic E-state index is -0.0602. The van der Waals surface area contributed by atoms with Gasteiger partial charge in [-0.15, -0.1) is 0 Å². The number of ether oxygens (including phenoxy) is 1. The maximum atomic E-state index is 5.18. The van der Waals surface area contributed by atoms with Gasteiger partial charge in [-0.1, -0.05) is 19.7 Å². The van der Waals surface area contributed by atoms with Gasteiger partial charge in [0.25, 0.3) is 0 Å². The van der Waals surface area contributed by atoms with E-state index in [0.29, 0.717) is 0 Å². The smallest absolute Gasteiger partial charge is 0.133 e. The molecule has 0 radical (unpaired) electrons. The van der Waals surface area contributed by atoms with E-state index in [-0.39, 0.29) is 6.10 Å². The summed E-state index contributed by atoms with van der Waals surface area (Å²) in [7, 11) is 0.864. The fraction of sp³-hybridized carbons (Fsp3) is 0.143. The number of hydrogen-bond acceptors (Lipinski definition) is 1. The third kappa shape index (κ3) is 3.79. The van der Waals surface area contributed by atoms with E-state index in [4.69, 9.17) is 4.74 Å². The van der Waals surface area contributed by atoms with Gasteiger partial charge in [0.2, 0.25) is 0 Å². The third-order valence-electron chi connectivity index (χ3n) is 0.802. The molecule has 0 saturated heterocycles. The summed E-state index contributed by atoms with van der Waals surface area (Å²) in [5, 5.41) is 0.819. The lowest BCUT2D eigenvalue weighted by Crippen LogP contribution is -2.03. The number of rotatable bonds is 4. The zero-order valence-corrected chi connectivity index (χ0v) is 7.76. The van der Waals surface area contributed by atoms with Gasteiger partial charge >= 0.3 is 0 Å². The van der Waals surface area contributed by atoms with Gasteiger partial charge in [0, 0.05) is 0 Å². The van der Waals surface area contributed by atoms with Crippen molar-refractivity contribution in [1.29, 1.82) is 0 Å². The zero-order valence-electron chi connectivity index (χ0n) is 5.76. The van der Waals surface area contributed by atoms with Gasteiger partial charge in [0.15, 0.2) is 0 Å². The van der Waals surface area contributed by atoms with Gasteiger partial charge in [-0.25, -0.2) is 0 Å². The van der Waals surface area contributed by atoms with Crippen molar-refractivity contribution in [3.05, 3.63) is 37.3 Å². The first-order valence-corrected chi connectivity index (χ1v) is 3.78. The molecule has 0 amide bonds. The lowest BCUT2D eigenvalue weighted by molar-refractivity contribution is 0.216. The van der Waals surface area contributed by atoms with E-state index < -0.39 is 0 Å². The molecule has 0 aromatic rings. The predicted molar refractivity (Wildman–Crippen MR) is 44.3 cm³/mol. The van der Waals surface area contributed by atoms with Crippen LogP contribution in [-0.4, -0.2) is 16.3 Å². The van der Waals surface area contributed by atoms with Crippen LogP contribution in [-0.2, 0) is 4.74 Å². The van der Waals surface area contributed by atoms with Crippen LogP contribution in [0.5, 0.6) is 0 Å². The summed E-state index contributed by atoms with van der Waals surface area (Å²) < 4.78 is 5.18. The summed E-state index contributed by atoms with van der Waals surface area (Å²) in [4.78, 5) is 0. The largest absolute Gasteiger partial charge is 0.493 e. The molecule has 0 saturated carbocycles. The molecule has 9 heavy (non-hydrogen) atoms. The second-order valence-electron chi connectivity index (χ2n) is 1.76. The molecule has 0 spiro atoms. The SMILES string of the molecule is C=CC(C=C)OC(=C)[SiH3]. The fourth-order valence-corrected chi connectivity index (χ4v) is 0.697. The minimum absolute atomic E-state index is 0.0602. The Labute approximate surface area is 59.1 Å². The van der Waals surface area contributed by atoms with Crippen molar-refractivity contribution >= 4 is 10.2 Å². The maximum Gasteiger partial charge on any atom is 0.133 e. The predicted octanol–water partition coefficient (Wildman–Crippen LogP) is 0.580. The van der Waals surface area contributed by atoms with Crippen LogP contribution in [0, 0.1) is 0 Å². The molecule has 2 heteroatoms. The van der Waals surface area contributed by atoms with Gasteiger partial charge < -0.3 is 4.74 Å². The molecule has 0 aliphatic heterocycles. The molecular formula is C7H12OSi. The van der Waals surface area contributed by atoms with Crippen LogP contribution in [0.1, 0.15) is 0 Å². The molecule has 0 aliphatic rings. The third-order valence-corrected chi connectivity index (χ3v) is 1.04. The molecule has 0 unspecified atom stereocenters. The van der Waals surface area contributed by atoms with Gasteiger partial charge in [-0.2, -0.15) is 0 Å². The Balaban J connectivity index is 3.68. The van der Waals surface area contributed by atoms with Crippen molar-refractivity contribution in [2.24, 2.45) is 0 Å². The van der Waals surface area contributed by atoms with E-state index in [2.05, 4.69) is 19.7 Å². The zero-order chi connectivity index (χ0) is 7.28. The Hall–Kier alpha value is -0.763. The molecule has 0 aromatic carbocycles. The van der Waals surface area contributed by atoms with E-state index in [9.17, 15) is 0 Å². The standard InChI is InChI=1S/C7H12OSi/c1-4-7(5-2)8-6(3)9/h4-5,7H,1-3H2,9H3. The molecule has 0 heterocycles. The highest BCUT2D eigenvalue weighted by Gasteiger charge is 1.94. The summed E-state index contributed by atoms with van der Waals surface area (Å²) >= 11 is 0. The molecule has 0 rings (SSSR count). The second kappa shape index (κ2) is 4.15. The maximum absolute atomic E-state index is 5.18. The molecular weight excluding hydrogens is 128 g/mol. The Morgan fingerprint density at radius 1 is 1.44 bits per heavy atom. The highest BCUT2D eigenvalue weighted by Crippen LogP contribution is 1.97. The van der Waals surface area contributed by atoms with Crippen molar-refractivity contribution in [3.63, 3.8) is 0 Å². The summed E-state index contributed by atoms with van der Waals surface area (Å²) in [5.74, 6) is 0. The highest BCUT2D eigenvalue weighted by molar-refractivity contribution is 6.19. The Morgan fingerprint density at radius 3 is 2.00 bits per heavy atom. The molecule has 0 N–H and O–H groups in total. The molecule has 0 atom stereocenters. The van der Waals surface area contributed by atoms with E-state index in [1.54, 1.807) is 12.2 Å². The first-order chi connectivity index (χ1) is 4.20. The van der Waals surface area contributed by atoms with Crippen molar-refractivity contribution < 1.29 is 4.74 Å². The Bertz CT molecular complexity index is 121. The van der Waals surface area contributed by atoms with Crippen LogP contribution in [0.3, 0.4) is 0 Å². The minimum Gasteiger partial charge on any atom is -0.493 e. The van der Waals surface area contributed by atoms with Crippen LogP contribution in [0.2, 0.25) is 0 Å². The average molecular weight is 140 g/mol. The van der Waals surface area contributed by atoms with Crippen molar-refractivity contribution in [1.82, 2.24) is 0 Å². The molecule has 0 aliphatic carbocycles. The van der Waals surface area contributed by atoms with Crippen LogP contribution in [0.4, 0.5) is 0 Å². The first kappa shape index (κ1) is 8.24. The molecule has 0 aromatic heterocycles. The highest BCUT2D eigenvalue weighted by atomic mass is 28.1. The fourth-order valence-electron chi connectivity index (χ4n) is 0.425. The van der Waals surface area contributed by atoms with E-state index in [1.165, 1.54) is 0 Å². The molecule has 50 valence electrons. The topological polar surface area (TPSA) is 9.23 Å². The normalized spacial score (nSPS) is 9.00. The van der Waals surface area contributed by atoms with E-state index in [1.807, 2.05) is 0 Å². The van der Waals surface area contributed by atoms with E-state index in [0.717, 1.165) is 15.6 Å². The van der Waals surface area contributed by atoms with Gasteiger partial charge in [0.05, 0.1) is 15.6 Å². The molecule has 1 nitrogen and oxygen atoms in total. The molecule has 0 bridgehead atoms. The second-order valence-corrected chi connectivity index (χ2v) is 2.87. The van der Waals surface area contributed by atoms with E-state index >= 15 is 0 Å². The van der Waals surface area contributed by atoms with Crippen LogP contribution in [0.25, 0.3) is 0 Å². The van der Waals surface area contributed by atoms with Crippen LogP contribution < -0.4 is 0 Å². The quantitative estimate of drug-likeness (QED) is 0.315. The van der Waals surface area contributed by atoms with Gasteiger partial charge in [-0.05, 0) is 12.2 Å². The van der Waals surface area contributed by atoms with Crippen molar-refractivity contribution in [3.8, 4) is 0 Å². The van der Waals surface area contributed by atoms with Gasteiger partial charge in [-0.3, -0.25) is 0 Å². The lowest BCUT2D eigenvalue weighted by Gasteiger charge is -2.09. The van der Waals surface area contributed by atoms with Crippen LogP contribution in [0.15, 0.2) is 37.3 Å². The summed E-state index contributed by atoms with van der Waals surface area (Å²) in [6.07, 6.45) is 3.32. The Kier molecular flexibility index (Phi) is 3.80. The lowest BCUT2D eigenvalue weighted by atomic mass is 10.3. The van der Waals surface area contributed by atoms with Crippen molar-refractivity contribution in [2.45, 2.75) is 6.10 Å². The van der Waals surface area contributed by atoms with Crippen molar-refractivity contribution in [2.75, 3.05) is 0 Å².